The third-order valence-corrected chi connectivity index (χ3v) is 3.93. The molecule has 0 spiro atoms. The largest absolute Gasteiger partial charge is 0.362 e. The Morgan fingerprint density at radius 2 is 1.89 bits per heavy atom. The van der Waals surface area contributed by atoms with Crippen LogP contribution in [0.15, 0.2) is 10.8 Å². The van der Waals surface area contributed by atoms with E-state index in [1.54, 1.807) is 22.7 Å². The Morgan fingerprint density at radius 3 is 2.61 bits per heavy atom. The van der Waals surface area contributed by atoms with Gasteiger partial charge in [0.05, 0.1) is 0 Å². The van der Waals surface area contributed by atoms with Crippen molar-refractivity contribution in [3.63, 3.8) is 0 Å². The van der Waals surface area contributed by atoms with Crippen LogP contribution in [0.3, 0.4) is 0 Å². The molecule has 0 aliphatic heterocycles. The summed E-state index contributed by atoms with van der Waals surface area (Å²) in [6.45, 7) is 4.00. The summed E-state index contributed by atoms with van der Waals surface area (Å²) in [5.41, 5.74) is 1.96. The van der Waals surface area contributed by atoms with Crippen molar-refractivity contribution >= 4 is 27.8 Å². The maximum atomic E-state index is 4.61. The van der Waals surface area contributed by atoms with E-state index in [9.17, 15) is 0 Å². The molecule has 2 rings (SSSR count). The molecule has 1 N–H and O–H groups in total. The van der Waals surface area contributed by atoms with E-state index in [-0.39, 0.29) is 0 Å². The van der Waals surface area contributed by atoms with E-state index in [1.807, 2.05) is 0 Å². The normalized spacial score (nSPS) is 11.1. The summed E-state index contributed by atoms with van der Waals surface area (Å²) in [7, 11) is 4.10. The van der Waals surface area contributed by atoms with Gasteiger partial charge in [0, 0.05) is 23.8 Å². The van der Waals surface area contributed by atoms with Crippen LogP contribution in [0.2, 0.25) is 0 Å². The van der Waals surface area contributed by atoms with E-state index in [4.69, 9.17) is 0 Å². The first-order chi connectivity index (χ1) is 8.69. The molecule has 4 nitrogen and oxygen atoms in total. The summed E-state index contributed by atoms with van der Waals surface area (Å²) in [5, 5.41) is 9.55. The highest BCUT2D eigenvalue weighted by molar-refractivity contribution is 7.14. The maximum Gasteiger partial charge on any atom is 0.183 e. The fourth-order valence-electron chi connectivity index (χ4n) is 1.48. The predicted octanol–water partition coefficient (Wildman–Crippen LogP) is 3.15. The molecule has 0 aliphatic rings. The van der Waals surface area contributed by atoms with Gasteiger partial charge in [-0.1, -0.05) is 6.92 Å². The molecule has 0 saturated heterocycles. The Kier molecular flexibility index (Phi) is 4.68. The van der Waals surface area contributed by atoms with Gasteiger partial charge in [0.2, 0.25) is 0 Å². The minimum absolute atomic E-state index is 0.885. The molecule has 0 aliphatic carbocycles. The van der Waals surface area contributed by atoms with E-state index < -0.39 is 0 Å². The molecule has 2 aromatic rings. The molecule has 2 aromatic heterocycles. The molecule has 2 heterocycles. The lowest BCUT2D eigenvalue weighted by atomic mass is 10.4. The van der Waals surface area contributed by atoms with Crippen LogP contribution in [0.1, 0.15) is 18.4 Å². The van der Waals surface area contributed by atoms with Gasteiger partial charge >= 0.3 is 0 Å². The van der Waals surface area contributed by atoms with Gasteiger partial charge in [0.25, 0.3) is 0 Å². The maximum absolute atomic E-state index is 4.61. The van der Waals surface area contributed by atoms with Crippen LogP contribution in [0, 0.1) is 0 Å². The molecule has 0 radical (unpaired) electrons. The zero-order valence-corrected chi connectivity index (χ0v) is 12.6. The van der Waals surface area contributed by atoms with Gasteiger partial charge in [-0.05, 0) is 20.5 Å². The Balaban J connectivity index is 2.06. The Morgan fingerprint density at radius 1 is 1.17 bits per heavy atom. The van der Waals surface area contributed by atoms with Crippen LogP contribution in [-0.2, 0) is 6.54 Å². The number of nitrogens with one attached hydrogen (secondary N) is 1. The highest BCUT2D eigenvalue weighted by atomic mass is 32.1. The van der Waals surface area contributed by atoms with Crippen LogP contribution in [0.25, 0.3) is 11.4 Å². The minimum atomic E-state index is 0.885. The summed E-state index contributed by atoms with van der Waals surface area (Å²) < 4.78 is 0. The molecule has 0 aromatic carbocycles. The van der Waals surface area contributed by atoms with Crippen molar-refractivity contribution in [3.8, 4) is 11.4 Å². The second kappa shape index (κ2) is 6.26. The molecular formula is C12H18N4S2. The molecule has 18 heavy (non-hydrogen) atoms. The highest BCUT2D eigenvalue weighted by Gasteiger charge is 2.09. The Bertz CT molecular complexity index is 490. The zero-order valence-electron chi connectivity index (χ0n) is 10.9. The number of anilines is 1. The van der Waals surface area contributed by atoms with E-state index >= 15 is 0 Å². The summed E-state index contributed by atoms with van der Waals surface area (Å²) >= 11 is 3.33. The number of hydrogen-bond donors (Lipinski definition) is 1. The lowest BCUT2D eigenvalue weighted by Gasteiger charge is -2.04. The predicted molar refractivity (Wildman–Crippen MR) is 79.4 cm³/mol. The highest BCUT2D eigenvalue weighted by Crippen LogP contribution is 2.26. The van der Waals surface area contributed by atoms with Crippen LogP contribution in [-0.4, -0.2) is 35.5 Å². The molecule has 6 heteroatoms. The van der Waals surface area contributed by atoms with Crippen LogP contribution in [0.5, 0.6) is 0 Å². The molecule has 98 valence electrons. The second-order valence-corrected chi connectivity index (χ2v) is 6.13. The van der Waals surface area contributed by atoms with Crippen molar-refractivity contribution in [1.29, 1.82) is 0 Å². The van der Waals surface area contributed by atoms with Gasteiger partial charge in [0.1, 0.15) is 16.4 Å². The first-order valence-electron chi connectivity index (χ1n) is 5.98. The number of nitrogens with zero attached hydrogens (tertiary/aromatic N) is 3. The van der Waals surface area contributed by atoms with Gasteiger partial charge < -0.3 is 10.2 Å². The quantitative estimate of drug-likeness (QED) is 0.883. The average Bonchev–Trinajstić information content (AvgIpc) is 2.94. The fraction of sp³-hybridized carbons (Fsp3) is 0.500. The van der Waals surface area contributed by atoms with E-state index in [2.05, 4.69) is 52.0 Å². The van der Waals surface area contributed by atoms with Crippen molar-refractivity contribution in [2.24, 2.45) is 0 Å². The van der Waals surface area contributed by atoms with Gasteiger partial charge in [-0.2, -0.15) is 0 Å². The van der Waals surface area contributed by atoms with Crippen LogP contribution in [0.4, 0.5) is 5.13 Å². The van der Waals surface area contributed by atoms with E-state index in [0.29, 0.717) is 0 Å². The summed E-state index contributed by atoms with van der Waals surface area (Å²) in [4.78, 5) is 11.3. The van der Waals surface area contributed by atoms with Crippen LogP contribution < -0.4 is 5.32 Å². The smallest absolute Gasteiger partial charge is 0.183 e. The first-order valence-corrected chi connectivity index (χ1v) is 7.74. The second-order valence-electron chi connectivity index (χ2n) is 4.33. The number of hydrogen-bond acceptors (Lipinski definition) is 6. The Hall–Kier alpha value is -0.980. The molecular weight excluding hydrogens is 264 g/mol. The fourth-order valence-corrected chi connectivity index (χ4v) is 3.11. The Labute approximate surface area is 116 Å². The van der Waals surface area contributed by atoms with Crippen molar-refractivity contribution in [2.75, 3.05) is 26.0 Å². The third-order valence-electron chi connectivity index (χ3n) is 2.30. The molecule has 0 amide bonds. The van der Waals surface area contributed by atoms with Crippen molar-refractivity contribution in [3.05, 3.63) is 15.8 Å². The first kappa shape index (κ1) is 13.5. The summed E-state index contributed by atoms with van der Waals surface area (Å²) in [5.74, 6) is 0. The van der Waals surface area contributed by atoms with E-state index in [0.717, 1.165) is 41.0 Å². The standard InChI is InChI=1S/C12H18N4S2/c1-4-5-13-12-15-10(8-18-12)9-7-17-11(14-9)6-16(2)3/h7-8H,4-6H2,1-3H3,(H,13,15). The summed E-state index contributed by atoms with van der Waals surface area (Å²) in [6, 6.07) is 0. The summed E-state index contributed by atoms with van der Waals surface area (Å²) in [6.07, 6.45) is 1.11. The van der Waals surface area contributed by atoms with E-state index in [1.165, 1.54) is 0 Å². The van der Waals surface area contributed by atoms with Crippen molar-refractivity contribution < 1.29 is 0 Å². The molecule has 0 fully saturated rings. The van der Waals surface area contributed by atoms with Gasteiger partial charge in [-0.15, -0.1) is 22.7 Å². The minimum Gasteiger partial charge on any atom is -0.362 e. The lowest BCUT2D eigenvalue weighted by molar-refractivity contribution is 0.402. The third kappa shape index (κ3) is 3.51. The number of rotatable bonds is 6. The number of thiazole rings is 2. The van der Waals surface area contributed by atoms with Gasteiger partial charge in [-0.3, -0.25) is 0 Å². The van der Waals surface area contributed by atoms with Gasteiger partial charge in [0.15, 0.2) is 5.13 Å². The number of aromatic nitrogens is 2. The monoisotopic (exact) mass is 282 g/mol. The SMILES string of the molecule is CCCNc1nc(-c2csc(CN(C)C)n2)cs1. The average molecular weight is 282 g/mol. The lowest BCUT2D eigenvalue weighted by Crippen LogP contribution is -2.10. The molecule has 0 bridgehead atoms. The van der Waals surface area contributed by atoms with Crippen LogP contribution >= 0.6 is 22.7 Å². The topological polar surface area (TPSA) is 41.1 Å². The molecule has 0 unspecified atom stereocenters. The molecule has 0 atom stereocenters. The van der Waals surface area contributed by atoms with Gasteiger partial charge in [-0.25, -0.2) is 9.97 Å². The molecule has 0 saturated carbocycles. The zero-order chi connectivity index (χ0) is 13.0. The van der Waals surface area contributed by atoms with Crippen molar-refractivity contribution in [2.45, 2.75) is 19.9 Å². The van der Waals surface area contributed by atoms with Crippen molar-refractivity contribution in [1.82, 2.24) is 14.9 Å².